The van der Waals surface area contributed by atoms with Gasteiger partial charge >= 0.3 is 77.6 Å². The van der Waals surface area contributed by atoms with Gasteiger partial charge in [0.05, 0.1) is 0 Å². The van der Waals surface area contributed by atoms with Crippen molar-refractivity contribution in [3.05, 3.63) is 29.8 Å². The molecular weight excluding hydrogens is 215 g/mol. The van der Waals surface area contributed by atoms with Gasteiger partial charge in [0.15, 0.2) is 0 Å². The molecule has 0 unspecified atom stereocenters. The van der Waals surface area contributed by atoms with Crippen molar-refractivity contribution in [3.63, 3.8) is 0 Å². The fraction of sp³-hybridized carbons (Fsp3) is 0.200. The van der Waals surface area contributed by atoms with Crippen LogP contribution in [0.15, 0.2) is 28.7 Å². The minimum atomic E-state index is 0.465. The van der Waals surface area contributed by atoms with Crippen LogP contribution >= 0.6 is 0 Å². The summed E-state index contributed by atoms with van der Waals surface area (Å²) in [6, 6.07) is 8.43. The summed E-state index contributed by atoms with van der Waals surface area (Å²) in [6.07, 6.45) is 0. The van der Waals surface area contributed by atoms with Crippen molar-refractivity contribution in [1.29, 1.82) is 0 Å². The zero-order valence-corrected chi connectivity index (χ0v) is 8.84. The van der Waals surface area contributed by atoms with Crippen LogP contribution in [0.5, 0.6) is 0 Å². The third-order valence-electron chi connectivity index (χ3n) is 1.85. The van der Waals surface area contributed by atoms with Crippen LogP contribution in [-0.2, 0) is 0 Å². The zero-order valence-electron chi connectivity index (χ0n) is 7.13. The molecule has 1 nitrogen and oxygen atoms in total. The SMILES string of the molecule is C[Se]c1cc2cc(C)ccc2o1. The Hall–Kier alpha value is -0.721. The minimum absolute atomic E-state index is 0.465. The molecule has 1 heterocycles. The maximum absolute atomic E-state index is 5.60. The maximum atomic E-state index is 5.60. The molecule has 2 aromatic rings. The average Bonchev–Trinajstić information content (AvgIpc) is 2.46. The first kappa shape index (κ1) is 7.90. The Bertz CT molecular complexity index is 403. The van der Waals surface area contributed by atoms with E-state index >= 15 is 0 Å². The molecule has 0 aliphatic heterocycles. The summed E-state index contributed by atoms with van der Waals surface area (Å²) in [4.78, 5) is 0. The fourth-order valence-corrected chi connectivity index (χ4v) is 2.12. The number of furan rings is 1. The predicted molar refractivity (Wildman–Crippen MR) is 52.2 cm³/mol. The van der Waals surface area contributed by atoms with Crippen LogP contribution in [0.4, 0.5) is 0 Å². The summed E-state index contributed by atoms with van der Waals surface area (Å²) in [5.41, 5.74) is 2.30. The van der Waals surface area contributed by atoms with Gasteiger partial charge in [0, 0.05) is 0 Å². The molecule has 0 saturated heterocycles. The molecule has 0 spiro atoms. The van der Waals surface area contributed by atoms with Gasteiger partial charge in [-0.2, -0.15) is 0 Å². The molecule has 0 aliphatic carbocycles. The normalized spacial score (nSPS) is 10.8. The summed E-state index contributed by atoms with van der Waals surface area (Å²) in [6.45, 7) is 2.10. The van der Waals surface area contributed by atoms with Crippen molar-refractivity contribution in [2.45, 2.75) is 12.7 Å². The van der Waals surface area contributed by atoms with Crippen molar-refractivity contribution in [2.75, 3.05) is 0 Å². The summed E-state index contributed by atoms with van der Waals surface area (Å²) in [5.74, 6) is 2.16. The molecule has 0 fully saturated rings. The van der Waals surface area contributed by atoms with Crippen LogP contribution < -0.4 is 4.66 Å². The van der Waals surface area contributed by atoms with Crippen molar-refractivity contribution in [2.24, 2.45) is 0 Å². The molecule has 0 bridgehead atoms. The van der Waals surface area contributed by atoms with E-state index < -0.39 is 0 Å². The number of rotatable bonds is 1. The number of hydrogen-bond acceptors (Lipinski definition) is 1. The first-order valence-corrected chi connectivity index (χ1v) is 6.41. The molecule has 0 amide bonds. The van der Waals surface area contributed by atoms with Crippen LogP contribution in [0, 0.1) is 6.92 Å². The van der Waals surface area contributed by atoms with Gasteiger partial charge in [0.2, 0.25) is 0 Å². The molecular formula is C10H10OSe. The van der Waals surface area contributed by atoms with Crippen LogP contribution in [0.2, 0.25) is 5.82 Å². The van der Waals surface area contributed by atoms with Crippen LogP contribution in [-0.4, -0.2) is 15.0 Å². The van der Waals surface area contributed by atoms with E-state index in [9.17, 15) is 0 Å². The molecule has 0 radical (unpaired) electrons. The van der Waals surface area contributed by atoms with Gasteiger partial charge in [0.1, 0.15) is 0 Å². The second-order valence-corrected chi connectivity index (χ2v) is 4.51. The Morgan fingerprint density at radius 2 is 2.08 bits per heavy atom. The van der Waals surface area contributed by atoms with Crippen molar-refractivity contribution < 1.29 is 4.42 Å². The van der Waals surface area contributed by atoms with E-state index in [1.54, 1.807) is 0 Å². The summed E-state index contributed by atoms with van der Waals surface area (Å²) < 4.78 is 6.73. The topological polar surface area (TPSA) is 13.1 Å². The van der Waals surface area contributed by atoms with Gasteiger partial charge < -0.3 is 0 Å². The summed E-state index contributed by atoms with van der Waals surface area (Å²) in [7, 11) is 0. The van der Waals surface area contributed by atoms with Gasteiger partial charge in [-0.3, -0.25) is 0 Å². The Morgan fingerprint density at radius 3 is 2.83 bits per heavy atom. The molecule has 0 atom stereocenters. The Morgan fingerprint density at radius 1 is 1.25 bits per heavy atom. The zero-order chi connectivity index (χ0) is 8.55. The first-order chi connectivity index (χ1) is 5.79. The second kappa shape index (κ2) is 2.96. The van der Waals surface area contributed by atoms with Crippen molar-refractivity contribution in [3.8, 4) is 0 Å². The Kier molecular flexibility index (Phi) is 1.95. The average molecular weight is 225 g/mol. The number of benzene rings is 1. The summed E-state index contributed by atoms with van der Waals surface area (Å²) >= 11 is 0.465. The molecule has 62 valence electrons. The predicted octanol–water partition coefficient (Wildman–Crippen LogP) is 2.12. The Balaban J connectivity index is 2.67. The Labute approximate surface area is 77.9 Å². The van der Waals surface area contributed by atoms with Crippen molar-refractivity contribution in [1.82, 2.24) is 0 Å². The molecule has 2 heteroatoms. The molecule has 0 aliphatic rings. The monoisotopic (exact) mass is 226 g/mol. The van der Waals surface area contributed by atoms with E-state index in [4.69, 9.17) is 4.42 Å². The quantitative estimate of drug-likeness (QED) is 0.677. The number of hydrogen-bond donors (Lipinski definition) is 0. The molecule has 1 aromatic carbocycles. The second-order valence-electron chi connectivity index (χ2n) is 2.81. The molecule has 0 N–H and O–H groups in total. The fourth-order valence-electron chi connectivity index (χ4n) is 1.24. The third-order valence-corrected chi connectivity index (χ3v) is 3.12. The summed E-state index contributed by atoms with van der Waals surface area (Å²) in [5, 5.41) is 1.23. The molecule has 0 saturated carbocycles. The van der Waals surface area contributed by atoms with Gasteiger partial charge in [-0.25, -0.2) is 0 Å². The molecule has 12 heavy (non-hydrogen) atoms. The first-order valence-electron chi connectivity index (χ1n) is 3.84. The van der Waals surface area contributed by atoms with Gasteiger partial charge in [-0.05, 0) is 0 Å². The third kappa shape index (κ3) is 1.28. The van der Waals surface area contributed by atoms with E-state index in [-0.39, 0.29) is 0 Å². The van der Waals surface area contributed by atoms with E-state index in [1.807, 2.05) is 6.07 Å². The standard InChI is InChI=1S/C10H10OSe/c1-7-3-4-9-8(5-7)6-10(11-9)12-2/h3-6H,1-2H3. The van der Waals surface area contributed by atoms with E-state index in [0.717, 1.165) is 10.2 Å². The van der Waals surface area contributed by atoms with Crippen LogP contribution in [0.3, 0.4) is 0 Å². The molecule has 2 rings (SSSR count). The van der Waals surface area contributed by atoms with Crippen molar-refractivity contribution >= 4 is 30.6 Å². The van der Waals surface area contributed by atoms with E-state index in [2.05, 4.69) is 30.9 Å². The number of aryl methyl sites for hydroxylation is 1. The van der Waals surface area contributed by atoms with Gasteiger partial charge in [0.25, 0.3) is 0 Å². The van der Waals surface area contributed by atoms with E-state index in [1.165, 1.54) is 10.9 Å². The van der Waals surface area contributed by atoms with Crippen LogP contribution in [0.25, 0.3) is 11.0 Å². The van der Waals surface area contributed by atoms with Gasteiger partial charge in [-0.1, -0.05) is 0 Å². The van der Waals surface area contributed by atoms with Gasteiger partial charge in [-0.15, -0.1) is 0 Å². The number of fused-ring (bicyclic) bond motifs is 1. The van der Waals surface area contributed by atoms with Crippen LogP contribution in [0.1, 0.15) is 5.56 Å². The van der Waals surface area contributed by atoms with E-state index in [0.29, 0.717) is 15.0 Å². The molecule has 1 aromatic heterocycles.